The summed E-state index contributed by atoms with van der Waals surface area (Å²) >= 11 is 6.12. The van der Waals surface area contributed by atoms with Gasteiger partial charge in [-0.1, -0.05) is 54.1 Å². The third-order valence-corrected chi connectivity index (χ3v) is 4.15. The molecule has 4 heteroatoms. The van der Waals surface area contributed by atoms with Crippen LogP contribution in [0.15, 0.2) is 85.1 Å². The molecule has 0 unspecified atom stereocenters. The lowest BCUT2D eigenvalue weighted by Crippen LogP contribution is -1.95. The van der Waals surface area contributed by atoms with E-state index in [0.717, 1.165) is 22.6 Å². The highest BCUT2D eigenvalue weighted by atomic mass is 35.5. The molecule has 0 amide bonds. The van der Waals surface area contributed by atoms with Crippen LogP contribution in [0.25, 0.3) is 12.2 Å². The zero-order valence-corrected chi connectivity index (χ0v) is 15.3. The van der Waals surface area contributed by atoms with Crippen LogP contribution in [0.5, 0.6) is 5.75 Å². The first-order valence-corrected chi connectivity index (χ1v) is 8.86. The Balaban J connectivity index is 1.54. The number of ketones is 1. The second kappa shape index (κ2) is 9.51. The number of carbonyl (C=O) groups is 1. The van der Waals surface area contributed by atoms with Gasteiger partial charge in [0.15, 0.2) is 5.78 Å². The van der Waals surface area contributed by atoms with Crippen molar-refractivity contribution < 1.29 is 9.53 Å². The second-order valence-corrected chi connectivity index (χ2v) is 6.18. The van der Waals surface area contributed by atoms with Gasteiger partial charge in [-0.2, -0.15) is 0 Å². The van der Waals surface area contributed by atoms with Crippen molar-refractivity contribution in [3.05, 3.63) is 107 Å². The Morgan fingerprint density at radius 1 is 0.926 bits per heavy atom. The molecule has 0 N–H and O–H groups in total. The fraction of sp³-hybridized carbons (Fsp3) is 0.0435. The Bertz CT molecular complexity index is 948. The molecule has 0 spiro atoms. The van der Waals surface area contributed by atoms with Gasteiger partial charge in [-0.25, -0.2) is 0 Å². The molecule has 0 saturated heterocycles. The van der Waals surface area contributed by atoms with Gasteiger partial charge >= 0.3 is 0 Å². The van der Waals surface area contributed by atoms with E-state index in [1.165, 1.54) is 12.2 Å². The van der Waals surface area contributed by atoms with E-state index in [2.05, 4.69) is 4.98 Å². The summed E-state index contributed by atoms with van der Waals surface area (Å²) in [6.07, 6.45) is 8.18. The molecule has 0 atom stereocenters. The molecule has 27 heavy (non-hydrogen) atoms. The summed E-state index contributed by atoms with van der Waals surface area (Å²) in [6.45, 7) is 0.408. The first-order chi connectivity index (χ1) is 13.2. The van der Waals surface area contributed by atoms with Crippen LogP contribution < -0.4 is 4.74 Å². The van der Waals surface area contributed by atoms with Crippen LogP contribution in [-0.4, -0.2) is 10.8 Å². The Labute approximate surface area is 163 Å². The normalized spacial score (nSPS) is 11.1. The summed E-state index contributed by atoms with van der Waals surface area (Å²) in [5.41, 5.74) is 2.60. The van der Waals surface area contributed by atoms with Crippen LogP contribution in [0.4, 0.5) is 0 Å². The lowest BCUT2D eigenvalue weighted by Gasteiger charge is -2.07. The van der Waals surface area contributed by atoms with E-state index in [-0.39, 0.29) is 5.78 Å². The molecule has 3 rings (SSSR count). The van der Waals surface area contributed by atoms with Gasteiger partial charge in [0.25, 0.3) is 0 Å². The summed E-state index contributed by atoms with van der Waals surface area (Å²) in [4.78, 5) is 16.0. The molecular weight excluding hydrogens is 358 g/mol. The van der Waals surface area contributed by atoms with Gasteiger partial charge in [-0.3, -0.25) is 9.78 Å². The van der Waals surface area contributed by atoms with Crippen molar-refractivity contribution in [2.24, 2.45) is 0 Å². The van der Waals surface area contributed by atoms with Crippen molar-refractivity contribution in [3.8, 4) is 5.75 Å². The lowest BCUT2D eigenvalue weighted by molar-refractivity contribution is -0.110. The molecule has 0 radical (unpaired) electrons. The number of hydrogen-bond donors (Lipinski definition) is 0. The summed E-state index contributed by atoms with van der Waals surface area (Å²) in [7, 11) is 0. The van der Waals surface area contributed by atoms with E-state index in [1.54, 1.807) is 18.3 Å². The molecule has 0 aliphatic rings. The minimum absolute atomic E-state index is 0.0975. The SMILES string of the molecule is O=C(C=Cc1ccc(OCc2ccccc2Cl)cc1)C=Cc1ccccn1. The van der Waals surface area contributed by atoms with E-state index in [0.29, 0.717) is 11.6 Å². The Morgan fingerprint density at radius 3 is 2.41 bits per heavy atom. The number of hydrogen-bond acceptors (Lipinski definition) is 3. The van der Waals surface area contributed by atoms with Crippen molar-refractivity contribution in [2.45, 2.75) is 6.61 Å². The monoisotopic (exact) mass is 375 g/mol. The summed E-state index contributed by atoms with van der Waals surface area (Å²) in [5.74, 6) is 0.646. The van der Waals surface area contributed by atoms with Crippen LogP contribution in [0, 0.1) is 0 Å². The molecule has 3 aromatic rings. The number of rotatable bonds is 7. The number of carbonyl (C=O) groups excluding carboxylic acids is 1. The molecule has 0 aliphatic heterocycles. The number of allylic oxidation sites excluding steroid dienone is 2. The van der Waals surface area contributed by atoms with Gasteiger partial charge in [0.1, 0.15) is 12.4 Å². The highest BCUT2D eigenvalue weighted by Gasteiger charge is 2.00. The summed E-state index contributed by atoms with van der Waals surface area (Å²) in [6, 6.07) is 20.7. The largest absolute Gasteiger partial charge is 0.489 e. The fourth-order valence-electron chi connectivity index (χ4n) is 2.33. The number of aromatic nitrogens is 1. The van der Waals surface area contributed by atoms with Crippen molar-refractivity contribution in [3.63, 3.8) is 0 Å². The van der Waals surface area contributed by atoms with Crippen LogP contribution in [0.2, 0.25) is 5.02 Å². The first kappa shape index (κ1) is 18.6. The molecule has 1 heterocycles. The van der Waals surface area contributed by atoms with E-state index in [1.807, 2.05) is 66.7 Å². The highest BCUT2D eigenvalue weighted by molar-refractivity contribution is 6.31. The minimum Gasteiger partial charge on any atom is -0.489 e. The van der Waals surface area contributed by atoms with Crippen LogP contribution in [0.3, 0.4) is 0 Å². The predicted octanol–water partition coefficient (Wildman–Crippen LogP) is 5.61. The van der Waals surface area contributed by atoms with Crippen LogP contribution >= 0.6 is 11.6 Å². The maximum atomic E-state index is 11.9. The average Bonchev–Trinajstić information content (AvgIpc) is 2.72. The minimum atomic E-state index is -0.0975. The topological polar surface area (TPSA) is 39.2 Å². The van der Waals surface area contributed by atoms with E-state index in [9.17, 15) is 4.79 Å². The summed E-state index contributed by atoms with van der Waals surface area (Å²) in [5, 5.41) is 0.689. The van der Waals surface area contributed by atoms with Gasteiger partial charge in [-0.15, -0.1) is 0 Å². The molecule has 0 aliphatic carbocycles. The fourth-order valence-corrected chi connectivity index (χ4v) is 2.52. The van der Waals surface area contributed by atoms with Gasteiger partial charge in [0.05, 0.1) is 5.69 Å². The number of ether oxygens (including phenoxy) is 1. The van der Waals surface area contributed by atoms with E-state index < -0.39 is 0 Å². The van der Waals surface area contributed by atoms with Crippen molar-refractivity contribution in [1.82, 2.24) is 4.98 Å². The highest BCUT2D eigenvalue weighted by Crippen LogP contribution is 2.19. The zero-order valence-electron chi connectivity index (χ0n) is 14.6. The lowest BCUT2D eigenvalue weighted by atomic mass is 10.2. The van der Waals surface area contributed by atoms with Crippen molar-refractivity contribution in [1.29, 1.82) is 0 Å². The third kappa shape index (κ3) is 5.94. The smallest absolute Gasteiger partial charge is 0.178 e. The Hall–Kier alpha value is -3.17. The van der Waals surface area contributed by atoms with Gasteiger partial charge in [-0.05, 0) is 54.1 Å². The van der Waals surface area contributed by atoms with E-state index >= 15 is 0 Å². The van der Waals surface area contributed by atoms with Gasteiger partial charge in [0, 0.05) is 16.8 Å². The number of benzene rings is 2. The van der Waals surface area contributed by atoms with Gasteiger partial charge < -0.3 is 4.74 Å². The first-order valence-electron chi connectivity index (χ1n) is 8.48. The number of nitrogens with zero attached hydrogens (tertiary/aromatic N) is 1. The van der Waals surface area contributed by atoms with Crippen molar-refractivity contribution in [2.75, 3.05) is 0 Å². The summed E-state index contributed by atoms with van der Waals surface area (Å²) < 4.78 is 5.75. The maximum Gasteiger partial charge on any atom is 0.178 e. The molecule has 134 valence electrons. The Kier molecular flexibility index (Phi) is 6.55. The predicted molar refractivity (Wildman–Crippen MR) is 110 cm³/mol. The molecular formula is C23H18ClNO2. The van der Waals surface area contributed by atoms with Crippen LogP contribution in [-0.2, 0) is 11.4 Å². The van der Waals surface area contributed by atoms with Crippen molar-refractivity contribution >= 4 is 29.5 Å². The quantitative estimate of drug-likeness (QED) is 0.504. The number of halogens is 1. The second-order valence-electron chi connectivity index (χ2n) is 5.77. The maximum absolute atomic E-state index is 11.9. The van der Waals surface area contributed by atoms with Gasteiger partial charge in [0.2, 0.25) is 0 Å². The molecule has 0 saturated carbocycles. The zero-order chi connectivity index (χ0) is 18.9. The molecule has 0 bridgehead atoms. The average molecular weight is 376 g/mol. The standard InChI is InChI=1S/C23H18ClNO2/c24-23-7-2-1-5-19(23)17-27-22-14-9-18(10-15-22)8-12-21(26)13-11-20-6-3-4-16-25-20/h1-16H,17H2. The molecule has 0 fully saturated rings. The molecule has 3 nitrogen and oxygen atoms in total. The van der Waals surface area contributed by atoms with E-state index in [4.69, 9.17) is 16.3 Å². The molecule has 1 aromatic heterocycles. The molecule has 2 aromatic carbocycles. The third-order valence-electron chi connectivity index (χ3n) is 3.78. The number of pyridine rings is 1. The van der Waals surface area contributed by atoms with Crippen LogP contribution in [0.1, 0.15) is 16.8 Å². The Morgan fingerprint density at radius 2 is 1.67 bits per heavy atom.